The normalized spacial score (nSPS) is 10.4. The van der Waals surface area contributed by atoms with Gasteiger partial charge >= 0.3 is 0 Å². The van der Waals surface area contributed by atoms with E-state index >= 15 is 0 Å². The molecule has 0 radical (unpaired) electrons. The van der Waals surface area contributed by atoms with E-state index in [1.807, 2.05) is 12.1 Å². The number of rotatable bonds is 5. The van der Waals surface area contributed by atoms with Gasteiger partial charge in [-0.1, -0.05) is 12.1 Å². The maximum absolute atomic E-state index is 12.0. The summed E-state index contributed by atoms with van der Waals surface area (Å²) in [5.74, 6) is 0.467. The summed E-state index contributed by atoms with van der Waals surface area (Å²) < 4.78 is 10.8. The van der Waals surface area contributed by atoms with Gasteiger partial charge in [0, 0.05) is 11.6 Å². The summed E-state index contributed by atoms with van der Waals surface area (Å²) in [7, 11) is 3.12. The number of ether oxygens (including phenoxy) is 2. The first-order valence-electron chi connectivity index (χ1n) is 7.29. The molecule has 25 heavy (non-hydrogen) atoms. The molecule has 0 fully saturated rings. The quantitative estimate of drug-likeness (QED) is 0.593. The predicted molar refractivity (Wildman–Crippen MR) is 98.3 cm³/mol. The fourth-order valence-corrected chi connectivity index (χ4v) is 2.47. The highest BCUT2D eigenvalue weighted by Gasteiger charge is 2.09. The number of carbonyl (C=O) groups excluding carboxylic acids is 2. The Labute approximate surface area is 153 Å². The van der Waals surface area contributed by atoms with Gasteiger partial charge in [0.25, 0.3) is 11.8 Å². The van der Waals surface area contributed by atoms with Gasteiger partial charge in [0.15, 0.2) is 0 Å². The Hall–Kier alpha value is -2.80. The average molecular weight is 405 g/mol. The Bertz CT molecular complexity index is 788. The molecule has 0 aromatic heterocycles. The lowest BCUT2D eigenvalue weighted by molar-refractivity contribution is -0.117. The number of halogens is 1. The zero-order valence-corrected chi connectivity index (χ0v) is 15.3. The van der Waals surface area contributed by atoms with Gasteiger partial charge in [0.1, 0.15) is 11.5 Å². The molecule has 2 aromatic rings. The molecule has 130 valence electrons. The molecule has 0 aliphatic heterocycles. The lowest BCUT2D eigenvalue weighted by atomic mass is 10.2. The van der Waals surface area contributed by atoms with E-state index in [2.05, 4.69) is 26.8 Å². The molecule has 0 unspecified atom stereocenters. The monoisotopic (exact) mass is 404 g/mol. The van der Waals surface area contributed by atoms with Crippen molar-refractivity contribution in [2.45, 2.75) is 0 Å². The van der Waals surface area contributed by atoms with Crippen molar-refractivity contribution in [2.24, 2.45) is 0 Å². The van der Waals surface area contributed by atoms with E-state index in [-0.39, 0.29) is 0 Å². The Kier molecular flexibility index (Phi) is 6.59. The zero-order valence-electron chi connectivity index (χ0n) is 13.7. The van der Waals surface area contributed by atoms with Crippen LogP contribution in [-0.2, 0) is 4.79 Å². The van der Waals surface area contributed by atoms with Crippen LogP contribution in [0.4, 0.5) is 0 Å². The van der Waals surface area contributed by atoms with E-state index in [1.165, 1.54) is 13.2 Å². The third kappa shape index (κ3) is 5.36. The second-order valence-corrected chi connectivity index (χ2v) is 5.75. The maximum Gasteiger partial charge on any atom is 0.269 e. The number of amides is 2. The molecule has 2 aromatic carbocycles. The van der Waals surface area contributed by atoms with Gasteiger partial charge in [-0.25, -0.2) is 0 Å². The number of hydrazine groups is 1. The first kappa shape index (κ1) is 18.5. The Morgan fingerprint density at radius 3 is 2.32 bits per heavy atom. The van der Waals surface area contributed by atoms with Gasteiger partial charge in [-0.3, -0.25) is 20.4 Å². The molecule has 0 saturated carbocycles. The van der Waals surface area contributed by atoms with Crippen LogP contribution in [-0.4, -0.2) is 26.0 Å². The predicted octanol–water partition coefficient (Wildman–Crippen LogP) is 2.94. The fraction of sp³-hybridized carbons (Fsp3) is 0.111. The number of benzene rings is 2. The molecule has 0 aliphatic carbocycles. The summed E-state index contributed by atoms with van der Waals surface area (Å²) in [4.78, 5) is 23.8. The average Bonchev–Trinajstić information content (AvgIpc) is 2.64. The molecular formula is C18H17BrN2O4. The number of nitrogens with one attached hydrogen (secondary N) is 2. The molecule has 0 aliphatic rings. The van der Waals surface area contributed by atoms with E-state index in [1.54, 1.807) is 43.5 Å². The lowest BCUT2D eigenvalue weighted by Gasteiger charge is -2.07. The fourth-order valence-electron chi connectivity index (χ4n) is 1.93. The molecular weight excluding hydrogens is 388 g/mol. The molecule has 0 atom stereocenters. The third-order valence-electron chi connectivity index (χ3n) is 3.26. The summed E-state index contributed by atoms with van der Waals surface area (Å²) in [6.07, 6.45) is 2.96. The molecule has 0 bridgehead atoms. The minimum absolute atomic E-state index is 0.382. The lowest BCUT2D eigenvalue weighted by Crippen LogP contribution is -2.40. The van der Waals surface area contributed by atoms with Gasteiger partial charge in [0.2, 0.25) is 0 Å². The van der Waals surface area contributed by atoms with E-state index in [4.69, 9.17) is 9.47 Å². The summed E-state index contributed by atoms with van der Waals surface area (Å²) in [6, 6.07) is 12.1. The summed E-state index contributed by atoms with van der Waals surface area (Å²) in [5.41, 5.74) is 5.89. The largest absolute Gasteiger partial charge is 0.497 e. The van der Waals surface area contributed by atoms with Crippen molar-refractivity contribution in [1.29, 1.82) is 0 Å². The molecule has 6 nitrogen and oxygen atoms in total. The van der Waals surface area contributed by atoms with E-state index < -0.39 is 11.8 Å². The molecule has 0 saturated heterocycles. The zero-order chi connectivity index (χ0) is 18.2. The first-order chi connectivity index (χ1) is 12.0. The second kappa shape index (κ2) is 8.89. The van der Waals surface area contributed by atoms with Gasteiger partial charge in [-0.15, -0.1) is 0 Å². The molecule has 2 rings (SSSR count). The Morgan fingerprint density at radius 2 is 1.72 bits per heavy atom. The van der Waals surface area contributed by atoms with Crippen LogP contribution in [0.15, 0.2) is 53.0 Å². The number of hydrogen-bond donors (Lipinski definition) is 2. The number of carbonyl (C=O) groups is 2. The molecule has 0 heterocycles. The highest BCUT2D eigenvalue weighted by molar-refractivity contribution is 9.10. The van der Waals surface area contributed by atoms with E-state index in [0.717, 1.165) is 11.3 Å². The molecule has 2 N–H and O–H groups in total. The minimum atomic E-state index is -0.447. The number of methoxy groups -OCH3 is 2. The SMILES string of the molecule is COc1ccc(/C=C/C(=O)NNC(=O)c2ccc(OC)c(Br)c2)cc1. The van der Waals surface area contributed by atoms with Crippen molar-refractivity contribution in [3.63, 3.8) is 0 Å². The third-order valence-corrected chi connectivity index (χ3v) is 3.88. The molecule has 2 amide bonds. The standard InChI is InChI=1S/C18H17BrN2O4/c1-24-14-7-3-12(4-8-14)5-10-17(22)20-21-18(23)13-6-9-16(25-2)15(19)11-13/h3-11H,1-2H3,(H,20,22)(H,21,23)/b10-5+. The summed E-state index contributed by atoms with van der Waals surface area (Å²) in [5, 5.41) is 0. The smallest absolute Gasteiger partial charge is 0.269 e. The highest BCUT2D eigenvalue weighted by Crippen LogP contribution is 2.25. The minimum Gasteiger partial charge on any atom is -0.497 e. The topological polar surface area (TPSA) is 76.7 Å². The van der Waals surface area contributed by atoms with Gasteiger partial charge in [0.05, 0.1) is 18.7 Å². The first-order valence-corrected chi connectivity index (χ1v) is 8.09. The van der Waals surface area contributed by atoms with Gasteiger partial charge in [-0.2, -0.15) is 0 Å². The van der Waals surface area contributed by atoms with Crippen molar-refractivity contribution in [2.75, 3.05) is 14.2 Å². The van der Waals surface area contributed by atoms with E-state index in [9.17, 15) is 9.59 Å². The van der Waals surface area contributed by atoms with Crippen LogP contribution in [0.5, 0.6) is 11.5 Å². The summed E-state index contributed by atoms with van der Waals surface area (Å²) >= 11 is 3.30. The number of hydrogen-bond acceptors (Lipinski definition) is 4. The van der Waals surface area contributed by atoms with Crippen LogP contribution >= 0.6 is 15.9 Å². The van der Waals surface area contributed by atoms with Crippen molar-refractivity contribution in [3.05, 3.63) is 64.1 Å². The van der Waals surface area contributed by atoms with Crippen LogP contribution < -0.4 is 20.3 Å². The molecule has 0 spiro atoms. The Balaban J connectivity index is 1.89. The van der Waals surface area contributed by atoms with Gasteiger partial charge < -0.3 is 9.47 Å². The van der Waals surface area contributed by atoms with E-state index in [0.29, 0.717) is 15.8 Å². The molecule has 7 heteroatoms. The second-order valence-electron chi connectivity index (χ2n) is 4.90. The van der Waals surface area contributed by atoms with Crippen LogP contribution in [0, 0.1) is 0 Å². The Morgan fingerprint density at radius 1 is 1.00 bits per heavy atom. The van der Waals surface area contributed by atoms with Crippen molar-refractivity contribution >= 4 is 33.8 Å². The summed E-state index contributed by atoms with van der Waals surface area (Å²) in [6.45, 7) is 0. The van der Waals surface area contributed by atoms with Crippen molar-refractivity contribution in [3.8, 4) is 11.5 Å². The van der Waals surface area contributed by atoms with Crippen LogP contribution in [0.25, 0.3) is 6.08 Å². The highest BCUT2D eigenvalue weighted by atomic mass is 79.9. The van der Waals surface area contributed by atoms with Crippen molar-refractivity contribution < 1.29 is 19.1 Å². The van der Waals surface area contributed by atoms with Crippen LogP contribution in [0.3, 0.4) is 0 Å². The van der Waals surface area contributed by atoms with Gasteiger partial charge in [-0.05, 0) is 57.9 Å². The maximum atomic E-state index is 12.0. The van der Waals surface area contributed by atoms with Crippen molar-refractivity contribution in [1.82, 2.24) is 10.9 Å². The van der Waals surface area contributed by atoms with Crippen LogP contribution in [0.2, 0.25) is 0 Å². The van der Waals surface area contributed by atoms with Crippen LogP contribution in [0.1, 0.15) is 15.9 Å².